The summed E-state index contributed by atoms with van der Waals surface area (Å²) in [5, 5.41) is 9.31. The minimum atomic E-state index is 0.470. The molecule has 0 aliphatic rings. The first kappa shape index (κ1) is 14.5. The number of hydrogen-bond acceptors (Lipinski definition) is 4. The Morgan fingerprint density at radius 3 is 2.53 bits per heavy atom. The summed E-state index contributed by atoms with van der Waals surface area (Å²) in [7, 11) is 0. The van der Waals surface area contributed by atoms with Crippen LogP contribution in [0.2, 0.25) is 0 Å². The molecule has 0 saturated heterocycles. The third-order valence-electron chi connectivity index (χ3n) is 2.77. The molecule has 1 aromatic rings. The van der Waals surface area contributed by atoms with Crippen LogP contribution < -0.4 is 5.73 Å². The minimum absolute atomic E-state index is 0.470. The van der Waals surface area contributed by atoms with E-state index in [1.54, 1.807) is 11.8 Å². The molecular weight excluding hydrogens is 232 g/mol. The van der Waals surface area contributed by atoms with E-state index >= 15 is 0 Å². The molecule has 0 fully saturated rings. The maximum Gasteiger partial charge on any atom is 0.191 e. The van der Waals surface area contributed by atoms with Crippen LogP contribution in [0.4, 0.5) is 0 Å². The minimum Gasteiger partial charge on any atom is -0.324 e. The van der Waals surface area contributed by atoms with E-state index in [0.29, 0.717) is 6.54 Å². The number of unbranched alkanes of at least 4 members (excludes halogenated alkanes) is 4. The second-order valence-corrected chi connectivity index (χ2v) is 5.17. The number of nitrogens with zero attached hydrogens (tertiary/aromatic N) is 3. The zero-order valence-electron chi connectivity index (χ0n) is 11.0. The highest BCUT2D eigenvalue weighted by Gasteiger charge is 2.08. The first-order chi connectivity index (χ1) is 8.33. The van der Waals surface area contributed by atoms with E-state index in [1.807, 2.05) is 0 Å². The van der Waals surface area contributed by atoms with Gasteiger partial charge < -0.3 is 10.3 Å². The number of hydrogen-bond donors (Lipinski definition) is 1. The fraction of sp³-hybridized carbons (Fsp3) is 0.833. The molecule has 0 radical (unpaired) electrons. The molecule has 0 unspecified atom stereocenters. The number of aromatic nitrogens is 3. The SMILES string of the molecule is CCCCCCCSc1nnc(CN)n1CC. The summed E-state index contributed by atoms with van der Waals surface area (Å²) in [5.41, 5.74) is 5.62. The van der Waals surface area contributed by atoms with Crippen molar-refractivity contribution in [3.8, 4) is 0 Å². The van der Waals surface area contributed by atoms with Crippen molar-refractivity contribution in [2.24, 2.45) is 5.73 Å². The molecule has 4 nitrogen and oxygen atoms in total. The van der Waals surface area contributed by atoms with Crippen LogP contribution in [0.3, 0.4) is 0 Å². The molecule has 1 rings (SSSR count). The van der Waals surface area contributed by atoms with E-state index in [0.717, 1.165) is 23.3 Å². The molecule has 0 atom stereocenters. The second-order valence-electron chi connectivity index (χ2n) is 4.11. The number of thioether (sulfide) groups is 1. The Hall–Kier alpha value is -0.550. The highest BCUT2D eigenvalue weighted by atomic mass is 32.2. The number of nitrogens with two attached hydrogens (primary N) is 1. The van der Waals surface area contributed by atoms with Gasteiger partial charge in [-0.1, -0.05) is 44.4 Å². The zero-order valence-corrected chi connectivity index (χ0v) is 11.8. The predicted octanol–water partition coefficient (Wildman–Crippen LogP) is 2.82. The summed E-state index contributed by atoms with van der Waals surface area (Å²) >= 11 is 1.80. The molecule has 0 amide bonds. The van der Waals surface area contributed by atoms with Gasteiger partial charge in [0.25, 0.3) is 0 Å². The van der Waals surface area contributed by atoms with Crippen molar-refractivity contribution in [3.05, 3.63) is 5.82 Å². The van der Waals surface area contributed by atoms with Gasteiger partial charge in [0, 0.05) is 12.3 Å². The molecule has 5 heteroatoms. The van der Waals surface area contributed by atoms with Crippen molar-refractivity contribution < 1.29 is 0 Å². The summed E-state index contributed by atoms with van der Waals surface area (Å²) in [6, 6.07) is 0. The van der Waals surface area contributed by atoms with Crippen molar-refractivity contribution in [1.82, 2.24) is 14.8 Å². The molecule has 0 spiro atoms. The van der Waals surface area contributed by atoms with Gasteiger partial charge in [0.05, 0.1) is 6.54 Å². The first-order valence-corrected chi connectivity index (χ1v) is 7.57. The molecule has 1 aromatic heterocycles. The molecule has 0 aromatic carbocycles. The smallest absolute Gasteiger partial charge is 0.191 e. The van der Waals surface area contributed by atoms with E-state index < -0.39 is 0 Å². The Balaban J connectivity index is 2.29. The summed E-state index contributed by atoms with van der Waals surface area (Å²) in [6.45, 7) is 5.72. The highest BCUT2D eigenvalue weighted by molar-refractivity contribution is 7.99. The first-order valence-electron chi connectivity index (χ1n) is 6.58. The average Bonchev–Trinajstić information content (AvgIpc) is 2.75. The zero-order chi connectivity index (χ0) is 12.5. The Kier molecular flexibility index (Phi) is 7.28. The third-order valence-corrected chi connectivity index (χ3v) is 3.82. The highest BCUT2D eigenvalue weighted by Crippen LogP contribution is 2.19. The Bertz CT molecular complexity index is 311. The fourth-order valence-corrected chi connectivity index (χ4v) is 2.78. The van der Waals surface area contributed by atoms with Gasteiger partial charge in [-0.15, -0.1) is 10.2 Å². The van der Waals surface area contributed by atoms with Gasteiger partial charge in [0.1, 0.15) is 5.82 Å². The average molecular weight is 256 g/mol. The van der Waals surface area contributed by atoms with Gasteiger partial charge in [0.15, 0.2) is 5.16 Å². The second kappa shape index (κ2) is 8.53. The molecule has 98 valence electrons. The van der Waals surface area contributed by atoms with Gasteiger partial charge in [-0.3, -0.25) is 0 Å². The molecule has 0 aliphatic carbocycles. The van der Waals surface area contributed by atoms with Crippen molar-refractivity contribution in [2.45, 2.75) is 64.2 Å². The molecule has 0 saturated carbocycles. The molecule has 17 heavy (non-hydrogen) atoms. The van der Waals surface area contributed by atoms with Gasteiger partial charge in [-0.2, -0.15) is 0 Å². The standard InChI is InChI=1S/C12H24N4S/c1-3-5-6-7-8-9-17-12-15-14-11(10-13)16(12)4-2/h3-10,13H2,1-2H3. The lowest BCUT2D eigenvalue weighted by Gasteiger charge is -2.05. The van der Waals surface area contributed by atoms with Crippen molar-refractivity contribution in [2.75, 3.05) is 5.75 Å². The lowest BCUT2D eigenvalue weighted by atomic mass is 10.2. The van der Waals surface area contributed by atoms with Crippen LogP contribution >= 0.6 is 11.8 Å². The summed E-state index contributed by atoms with van der Waals surface area (Å²) < 4.78 is 2.11. The van der Waals surface area contributed by atoms with Crippen molar-refractivity contribution >= 4 is 11.8 Å². The van der Waals surface area contributed by atoms with Crippen LogP contribution in [0, 0.1) is 0 Å². The van der Waals surface area contributed by atoms with Crippen LogP contribution in [-0.4, -0.2) is 20.5 Å². The Morgan fingerprint density at radius 1 is 1.12 bits per heavy atom. The molecular formula is C12H24N4S. The van der Waals surface area contributed by atoms with Crippen LogP contribution in [0.5, 0.6) is 0 Å². The predicted molar refractivity (Wildman–Crippen MR) is 73.1 cm³/mol. The van der Waals surface area contributed by atoms with Crippen LogP contribution in [0.1, 0.15) is 51.8 Å². The van der Waals surface area contributed by atoms with Crippen LogP contribution in [-0.2, 0) is 13.1 Å². The van der Waals surface area contributed by atoms with Crippen molar-refractivity contribution in [3.63, 3.8) is 0 Å². The lowest BCUT2D eigenvalue weighted by Crippen LogP contribution is -2.08. The van der Waals surface area contributed by atoms with E-state index in [9.17, 15) is 0 Å². The van der Waals surface area contributed by atoms with Gasteiger partial charge in [-0.25, -0.2) is 0 Å². The summed E-state index contributed by atoms with van der Waals surface area (Å²) in [5.74, 6) is 2.02. The largest absolute Gasteiger partial charge is 0.324 e. The van der Waals surface area contributed by atoms with E-state index in [4.69, 9.17) is 5.73 Å². The third kappa shape index (κ3) is 4.68. The Morgan fingerprint density at radius 2 is 1.88 bits per heavy atom. The normalized spacial score (nSPS) is 11.0. The Labute approximate surface area is 108 Å². The van der Waals surface area contributed by atoms with Crippen LogP contribution in [0.15, 0.2) is 5.16 Å². The lowest BCUT2D eigenvalue weighted by molar-refractivity contribution is 0.639. The summed E-state index contributed by atoms with van der Waals surface area (Å²) in [6.07, 6.45) is 6.60. The van der Waals surface area contributed by atoms with E-state index in [2.05, 4.69) is 28.6 Å². The van der Waals surface area contributed by atoms with Crippen LogP contribution in [0.25, 0.3) is 0 Å². The quantitative estimate of drug-likeness (QED) is 0.545. The molecule has 0 bridgehead atoms. The molecule has 0 aliphatic heterocycles. The van der Waals surface area contributed by atoms with Crippen molar-refractivity contribution in [1.29, 1.82) is 0 Å². The topological polar surface area (TPSA) is 56.7 Å². The maximum atomic E-state index is 5.62. The fourth-order valence-electron chi connectivity index (χ4n) is 1.76. The summed E-state index contributed by atoms with van der Waals surface area (Å²) in [4.78, 5) is 0. The monoisotopic (exact) mass is 256 g/mol. The molecule has 2 N–H and O–H groups in total. The number of rotatable bonds is 9. The van der Waals surface area contributed by atoms with E-state index in [-0.39, 0.29) is 0 Å². The van der Waals surface area contributed by atoms with E-state index in [1.165, 1.54) is 32.1 Å². The van der Waals surface area contributed by atoms with Gasteiger partial charge >= 0.3 is 0 Å². The molecule has 1 heterocycles. The van der Waals surface area contributed by atoms with Gasteiger partial charge in [0.2, 0.25) is 0 Å². The van der Waals surface area contributed by atoms with Gasteiger partial charge in [-0.05, 0) is 13.3 Å². The maximum absolute atomic E-state index is 5.62.